The normalized spacial score (nSPS) is 10.3. The summed E-state index contributed by atoms with van der Waals surface area (Å²) in [6.45, 7) is 1.41. The Morgan fingerprint density at radius 1 is 1.22 bits per heavy atom. The minimum absolute atomic E-state index is 0.115. The summed E-state index contributed by atoms with van der Waals surface area (Å²) in [5.74, 6) is 0.825. The molecule has 0 unspecified atom stereocenters. The number of furan rings is 1. The van der Waals surface area contributed by atoms with Crippen LogP contribution in [0.1, 0.15) is 5.56 Å². The molecule has 18 heavy (non-hydrogen) atoms. The zero-order valence-electron chi connectivity index (χ0n) is 10.4. The van der Waals surface area contributed by atoms with Crippen LogP contribution < -0.4 is 9.64 Å². The molecule has 1 aromatic carbocycles. The smallest absolute Gasteiger partial charge is 0.119 e. The summed E-state index contributed by atoms with van der Waals surface area (Å²) < 4.78 is 10.2. The lowest BCUT2D eigenvalue weighted by Gasteiger charge is -2.23. The van der Waals surface area contributed by atoms with Crippen LogP contribution in [0, 0.1) is 0 Å². The van der Waals surface area contributed by atoms with E-state index in [1.807, 2.05) is 30.3 Å². The third kappa shape index (κ3) is 3.05. The Morgan fingerprint density at radius 2 is 2.00 bits per heavy atom. The number of rotatable bonds is 6. The highest BCUT2D eigenvalue weighted by molar-refractivity contribution is 5.49. The number of anilines is 1. The summed E-state index contributed by atoms with van der Waals surface area (Å²) in [6, 6.07) is 9.71. The maximum Gasteiger partial charge on any atom is 0.119 e. The quantitative estimate of drug-likeness (QED) is 0.850. The molecule has 1 heterocycles. The van der Waals surface area contributed by atoms with Crippen LogP contribution in [0.2, 0.25) is 0 Å². The van der Waals surface area contributed by atoms with Crippen LogP contribution >= 0.6 is 0 Å². The third-order valence-electron chi connectivity index (χ3n) is 2.76. The van der Waals surface area contributed by atoms with E-state index in [0.717, 1.165) is 17.0 Å². The van der Waals surface area contributed by atoms with Crippen LogP contribution in [-0.4, -0.2) is 25.4 Å². The summed E-state index contributed by atoms with van der Waals surface area (Å²) >= 11 is 0. The second-order valence-corrected chi connectivity index (χ2v) is 3.97. The first-order valence-corrected chi connectivity index (χ1v) is 5.84. The van der Waals surface area contributed by atoms with Crippen LogP contribution in [0.3, 0.4) is 0 Å². The number of hydrogen-bond acceptors (Lipinski definition) is 4. The van der Waals surface area contributed by atoms with Crippen molar-refractivity contribution in [3.8, 4) is 5.75 Å². The fraction of sp³-hybridized carbons (Fsp3) is 0.286. The fourth-order valence-electron chi connectivity index (χ4n) is 1.82. The molecule has 0 radical (unpaired) electrons. The summed E-state index contributed by atoms with van der Waals surface area (Å²) in [4.78, 5) is 2.09. The average Bonchev–Trinajstić information content (AvgIpc) is 2.91. The summed E-state index contributed by atoms with van der Waals surface area (Å²) in [5.41, 5.74) is 2.13. The SMILES string of the molecule is COc1ccc(N(CCO)Cc2ccoc2)cc1. The average molecular weight is 247 g/mol. The summed E-state index contributed by atoms with van der Waals surface area (Å²) in [7, 11) is 1.64. The zero-order valence-corrected chi connectivity index (χ0v) is 10.4. The highest BCUT2D eigenvalue weighted by atomic mass is 16.5. The van der Waals surface area contributed by atoms with E-state index in [1.54, 1.807) is 19.6 Å². The van der Waals surface area contributed by atoms with E-state index in [2.05, 4.69) is 4.90 Å². The van der Waals surface area contributed by atoms with Crippen molar-refractivity contribution in [2.24, 2.45) is 0 Å². The lowest BCUT2D eigenvalue weighted by atomic mass is 10.2. The molecule has 0 aliphatic carbocycles. The van der Waals surface area contributed by atoms with Gasteiger partial charge in [0, 0.05) is 24.3 Å². The summed E-state index contributed by atoms with van der Waals surface area (Å²) in [5, 5.41) is 9.14. The van der Waals surface area contributed by atoms with Gasteiger partial charge in [0.1, 0.15) is 5.75 Å². The predicted octanol–water partition coefficient (Wildman–Crippen LogP) is 2.29. The number of methoxy groups -OCH3 is 1. The van der Waals surface area contributed by atoms with Crippen molar-refractivity contribution in [2.45, 2.75) is 6.54 Å². The van der Waals surface area contributed by atoms with Gasteiger partial charge in [-0.2, -0.15) is 0 Å². The van der Waals surface area contributed by atoms with Crippen LogP contribution in [0.4, 0.5) is 5.69 Å². The molecule has 4 nitrogen and oxygen atoms in total. The van der Waals surface area contributed by atoms with Gasteiger partial charge in [-0.1, -0.05) is 0 Å². The van der Waals surface area contributed by atoms with Crippen molar-refractivity contribution in [3.63, 3.8) is 0 Å². The molecular weight excluding hydrogens is 230 g/mol. The van der Waals surface area contributed by atoms with Crippen molar-refractivity contribution in [1.29, 1.82) is 0 Å². The van der Waals surface area contributed by atoms with Gasteiger partial charge in [0.05, 0.1) is 26.2 Å². The highest BCUT2D eigenvalue weighted by Crippen LogP contribution is 2.21. The summed E-state index contributed by atoms with van der Waals surface area (Å²) in [6.07, 6.45) is 3.37. The first-order valence-electron chi connectivity index (χ1n) is 5.84. The Morgan fingerprint density at radius 3 is 2.56 bits per heavy atom. The van der Waals surface area contributed by atoms with Crippen molar-refractivity contribution in [3.05, 3.63) is 48.4 Å². The Kier molecular flexibility index (Phi) is 4.25. The second-order valence-electron chi connectivity index (χ2n) is 3.97. The molecule has 0 amide bonds. The maximum absolute atomic E-state index is 9.14. The van der Waals surface area contributed by atoms with Crippen molar-refractivity contribution in [1.82, 2.24) is 0 Å². The van der Waals surface area contributed by atoms with E-state index < -0.39 is 0 Å². The molecule has 4 heteroatoms. The molecule has 0 saturated heterocycles. The lowest BCUT2D eigenvalue weighted by Crippen LogP contribution is -2.25. The molecule has 1 N–H and O–H groups in total. The number of nitrogens with zero attached hydrogens (tertiary/aromatic N) is 1. The Hall–Kier alpha value is -1.94. The molecule has 0 saturated carbocycles. The van der Waals surface area contributed by atoms with E-state index in [-0.39, 0.29) is 6.61 Å². The number of aliphatic hydroxyl groups excluding tert-OH is 1. The van der Waals surface area contributed by atoms with Crippen LogP contribution in [0.15, 0.2) is 47.3 Å². The molecule has 0 aliphatic rings. The van der Waals surface area contributed by atoms with Gasteiger partial charge in [0.25, 0.3) is 0 Å². The van der Waals surface area contributed by atoms with E-state index in [4.69, 9.17) is 14.3 Å². The largest absolute Gasteiger partial charge is 0.497 e. The number of ether oxygens (including phenoxy) is 1. The van der Waals surface area contributed by atoms with Gasteiger partial charge in [-0.15, -0.1) is 0 Å². The Balaban J connectivity index is 2.12. The molecule has 0 fully saturated rings. The van der Waals surface area contributed by atoms with Gasteiger partial charge in [0.2, 0.25) is 0 Å². The molecule has 0 atom stereocenters. The van der Waals surface area contributed by atoms with Gasteiger partial charge in [-0.05, 0) is 30.3 Å². The monoisotopic (exact) mass is 247 g/mol. The molecule has 2 aromatic rings. The fourth-order valence-corrected chi connectivity index (χ4v) is 1.82. The molecule has 2 rings (SSSR count). The Labute approximate surface area is 106 Å². The standard InChI is InChI=1S/C14H17NO3/c1-17-14-4-2-13(3-5-14)15(7-8-16)10-12-6-9-18-11-12/h2-6,9,11,16H,7-8,10H2,1H3. The van der Waals surface area contributed by atoms with Gasteiger partial charge in [-0.3, -0.25) is 0 Å². The van der Waals surface area contributed by atoms with Gasteiger partial charge >= 0.3 is 0 Å². The van der Waals surface area contributed by atoms with E-state index >= 15 is 0 Å². The van der Waals surface area contributed by atoms with E-state index in [1.165, 1.54) is 0 Å². The maximum atomic E-state index is 9.14. The predicted molar refractivity (Wildman–Crippen MR) is 69.8 cm³/mol. The van der Waals surface area contributed by atoms with E-state index in [0.29, 0.717) is 13.1 Å². The zero-order chi connectivity index (χ0) is 12.8. The molecule has 96 valence electrons. The van der Waals surface area contributed by atoms with E-state index in [9.17, 15) is 0 Å². The third-order valence-corrected chi connectivity index (χ3v) is 2.76. The van der Waals surface area contributed by atoms with Gasteiger partial charge in [0.15, 0.2) is 0 Å². The van der Waals surface area contributed by atoms with Gasteiger partial charge in [-0.25, -0.2) is 0 Å². The topological polar surface area (TPSA) is 45.8 Å². The lowest BCUT2D eigenvalue weighted by molar-refractivity contribution is 0.301. The van der Waals surface area contributed by atoms with Crippen molar-refractivity contribution >= 4 is 5.69 Å². The van der Waals surface area contributed by atoms with Crippen LogP contribution in [0.25, 0.3) is 0 Å². The number of aliphatic hydroxyl groups is 1. The minimum atomic E-state index is 0.115. The molecule has 0 spiro atoms. The molecular formula is C14H17NO3. The van der Waals surface area contributed by atoms with Crippen molar-refractivity contribution in [2.75, 3.05) is 25.2 Å². The molecule has 0 aliphatic heterocycles. The number of hydrogen-bond donors (Lipinski definition) is 1. The first kappa shape index (κ1) is 12.5. The minimum Gasteiger partial charge on any atom is -0.497 e. The number of benzene rings is 1. The second kappa shape index (κ2) is 6.12. The highest BCUT2D eigenvalue weighted by Gasteiger charge is 2.07. The molecule has 0 bridgehead atoms. The Bertz CT molecular complexity index is 450. The van der Waals surface area contributed by atoms with Gasteiger partial charge < -0.3 is 19.2 Å². The van der Waals surface area contributed by atoms with Crippen LogP contribution in [-0.2, 0) is 6.54 Å². The van der Waals surface area contributed by atoms with Crippen LogP contribution in [0.5, 0.6) is 5.75 Å². The first-order chi connectivity index (χ1) is 8.83. The van der Waals surface area contributed by atoms with Crippen molar-refractivity contribution < 1.29 is 14.3 Å². The molecule has 1 aromatic heterocycles.